The van der Waals surface area contributed by atoms with Crippen molar-refractivity contribution >= 4 is 17.6 Å². The Kier molecular flexibility index (Phi) is 3.49. The molecule has 1 aliphatic rings. The van der Waals surface area contributed by atoms with Gasteiger partial charge in [0.25, 0.3) is 0 Å². The van der Waals surface area contributed by atoms with E-state index in [0.717, 1.165) is 0 Å². The summed E-state index contributed by atoms with van der Waals surface area (Å²) < 4.78 is 15.6. The summed E-state index contributed by atoms with van der Waals surface area (Å²) in [5, 5.41) is 9.08. The average Bonchev–Trinajstić information content (AvgIpc) is 2.77. The van der Waals surface area contributed by atoms with Crippen LogP contribution in [0.5, 0.6) is 17.2 Å². The van der Waals surface area contributed by atoms with Gasteiger partial charge < -0.3 is 25.1 Å². The molecule has 0 radical (unpaired) electrons. The summed E-state index contributed by atoms with van der Waals surface area (Å²) in [6.45, 7) is 0.0760. The van der Waals surface area contributed by atoms with Crippen LogP contribution in [0.4, 0.5) is 0 Å². The van der Waals surface area contributed by atoms with E-state index in [1.807, 2.05) is 0 Å². The lowest BCUT2D eigenvalue weighted by Crippen LogP contribution is -2.32. The molecule has 18 heavy (non-hydrogen) atoms. The van der Waals surface area contributed by atoms with Gasteiger partial charge in [0.1, 0.15) is 16.8 Å². The minimum Gasteiger partial charge on any atom is -0.495 e. The number of rotatable bonds is 4. The molecule has 0 bridgehead atoms. The van der Waals surface area contributed by atoms with E-state index in [9.17, 15) is 4.79 Å². The maximum absolute atomic E-state index is 10.8. The van der Waals surface area contributed by atoms with Gasteiger partial charge in [-0.3, -0.25) is 4.79 Å². The van der Waals surface area contributed by atoms with Crippen LogP contribution in [0.15, 0.2) is 6.07 Å². The lowest BCUT2D eigenvalue weighted by Gasteiger charge is -2.14. The molecular formula is C11H12ClNO5. The summed E-state index contributed by atoms with van der Waals surface area (Å²) in [6, 6.07) is 0.603. The zero-order valence-electron chi connectivity index (χ0n) is 9.60. The van der Waals surface area contributed by atoms with Gasteiger partial charge in [-0.1, -0.05) is 11.6 Å². The Bertz CT molecular complexity index is 491. The number of aliphatic carboxylic acids is 1. The largest absolute Gasteiger partial charge is 0.495 e. The van der Waals surface area contributed by atoms with Crippen LogP contribution in [0.3, 0.4) is 0 Å². The molecule has 1 aromatic rings. The highest BCUT2D eigenvalue weighted by molar-refractivity contribution is 6.34. The summed E-state index contributed by atoms with van der Waals surface area (Å²) in [4.78, 5) is 10.8. The van der Waals surface area contributed by atoms with Gasteiger partial charge in [0.2, 0.25) is 6.79 Å². The van der Waals surface area contributed by atoms with E-state index in [4.69, 9.17) is 36.7 Å². The van der Waals surface area contributed by atoms with Gasteiger partial charge in [-0.05, 0) is 6.07 Å². The fraction of sp³-hybridized carbons (Fsp3) is 0.364. The van der Waals surface area contributed by atoms with Crippen LogP contribution >= 0.6 is 11.6 Å². The molecule has 2 rings (SSSR count). The van der Waals surface area contributed by atoms with Crippen LogP contribution < -0.4 is 19.9 Å². The first-order valence-corrected chi connectivity index (χ1v) is 5.55. The van der Waals surface area contributed by atoms with Crippen molar-refractivity contribution in [1.82, 2.24) is 0 Å². The minimum atomic E-state index is -1.09. The summed E-state index contributed by atoms with van der Waals surface area (Å²) in [5.41, 5.74) is 6.07. The number of benzene rings is 1. The molecule has 1 aliphatic heterocycles. The number of hydrogen-bond acceptors (Lipinski definition) is 5. The molecule has 0 spiro atoms. The van der Waals surface area contributed by atoms with Gasteiger partial charge >= 0.3 is 5.97 Å². The molecule has 1 heterocycles. The SMILES string of the molecule is COc1c(CC(N)C(=O)O)cc2c(c1Cl)OCO2. The smallest absolute Gasteiger partial charge is 0.320 e. The fourth-order valence-electron chi connectivity index (χ4n) is 1.73. The van der Waals surface area contributed by atoms with Gasteiger partial charge in [0.15, 0.2) is 11.5 Å². The van der Waals surface area contributed by atoms with Crippen LogP contribution in [0.2, 0.25) is 5.02 Å². The molecule has 1 atom stereocenters. The Labute approximate surface area is 108 Å². The maximum atomic E-state index is 10.8. The predicted octanol–water partition coefficient (Wildman–Crippen LogP) is 1.03. The zero-order chi connectivity index (χ0) is 13.3. The molecule has 0 aliphatic carbocycles. The molecule has 0 saturated heterocycles. The highest BCUT2D eigenvalue weighted by Gasteiger charge is 2.25. The number of methoxy groups -OCH3 is 1. The van der Waals surface area contributed by atoms with Crippen LogP contribution in [0.25, 0.3) is 0 Å². The van der Waals surface area contributed by atoms with Crippen molar-refractivity contribution in [3.63, 3.8) is 0 Å². The van der Waals surface area contributed by atoms with Crippen molar-refractivity contribution in [3.05, 3.63) is 16.7 Å². The number of carboxylic acids is 1. The number of carbonyl (C=O) groups is 1. The number of ether oxygens (including phenoxy) is 3. The molecule has 1 aromatic carbocycles. The second kappa shape index (κ2) is 4.91. The zero-order valence-corrected chi connectivity index (χ0v) is 10.4. The molecule has 3 N–H and O–H groups in total. The molecule has 6 nitrogen and oxygen atoms in total. The van der Waals surface area contributed by atoms with Crippen molar-refractivity contribution in [2.45, 2.75) is 12.5 Å². The highest BCUT2D eigenvalue weighted by Crippen LogP contribution is 2.46. The number of carboxylic acid groups (broad SMARTS) is 1. The van der Waals surface area contributed by atoms with Gasteiger partial charge in [0, 0.05) is 12.0 Å². The van der Waals surface area contributed by atoms with Gasteiger partial charge in [-0.15, -0.1) is 0 Å². The number of nitrogens with two attached hydrogens (primary N) is 1. The van der Waals surface area contributed by atoms with Crippen molar-refractivity contribution in [2.75, 3.05) is 13.9 Å². The summed E-state index contributed by atoms with van der Waals surface area (Å²) in [6.07, 6.45) is 0.0921. The first-order valence-electron chi connectivity index (χ1n) is 5.18. The summed E-state index contributed by atoms with van der Waals surface area (Å²) in [7, 11) is 1.44. The van der Waals surface area contributed by atoms with E-state index in [1.54, 1.807) is 6.07 Å². The van der Waals surface area contributed by atoms with Crippen molar-refractivity contribution in [3.8, 4) is 17.2 Å². The first kappa shape index (κ1) is 12.8. The van der Waals surface area contributed by atoms with Crippen LogP contribution in [-0.4, -0.2) is 31.0 Å². The Balaban J connectivity index is 2.40. The first-order chi connectivity index (χ1) is 8.54. The second-order valence-corrected chi connectivity index (χ2v) is 4.14. The molecule has 0 amide bonds. The topological polar surface area (TPSA) is 91.0 Å². The third kappa shape index (κ3) is 2.16. The summed E-state index contributed by atoms with van der Waals surface area (Å²) >= 11 is 6.10. The lowest BCUT2D eigenvalue weighted by molar-refractivity contribution is -0.138. The van der Waals surface area contributed by atoms with Crippen molar-refractivity contribution < 1.29 is 24.1 Å². The fourth-order valence-corrected chi connectivity index (χ4v) is 2.08. The van der Waals surface area contributed by atoms with E-state index < -0.39 is 12.0 Å². The molecule has 98 valence electrons. The molecule has 7 heteroatoms. The van der Waals surface area contributed by atoms with E-state index in [0.29, 0.717) is 22.8 Å². The predicted molar refractivity (Wildman–Crippen MR) is 63.4 cm³/mol. The normalized spacial score (nSPS) is 14.4. The molecule has 1 unspecified atom stereocenters. The molecule has 0 fully saturated rings. The van der Waals surface area contributed by atoms with E-state index in [2.05, 4.69) is 0 Å². The Morgan fingerprint density at radius 3 is 3.00 bits per heavy atom. The number of hydrogen-bond donors (Lipinski definition) is 2. The van der Waals surface area contributed by atoms with E-state index in [-0.39, 0.29) is 18.2 Å². The monoisotopic (exact) mass is 273 g/mol. The van der Waals surface area contributed by atoms with Crippen molar-refractivity contribution in [2.24, 2.45) is 5.73 Å². The van der Waals surface area contributed by atoms with Gasteiger partial charge in [0.05, 0.1) is 7.11 Å². The third-order valence-corrected chi connectivity index (χ3v) is 2.94. The van der Waals surface area contributed by atoms with Gasteiger partial charge in [-0.25, -0.2) is 0 Å². The number of halogens is 1. The summed E-state index contributed by atoms with van der Waals surface area (Å²) in [5.74, 6) is 0.137. The molecular weight excluding hydrogens is 262 g/mol. The average molecular weight is 274 g/mol. The Morgan fingerprint density at radius 2 is 2.39 bits per heavy atom. The lowest BCUT2D eigenvalue weighted by atomic mass is 10.0. The Morgan fingerprint density at radius 1 is 1.67 bits per heavy atom. The Hall–Kier alpha value is -1.66. The van der Waals surface area contributed by atoms with Gasteiger partial charge in [-0.2, -0.15) is 0 Å². The van der Waals surface area contributed by atoms with Crippen molar-refractivity contribution in [1.29, 1.82) is 0 Å². The van der Waals surface area contributed by atoms with Crippen LogP contribution in [0, 0.1) is 0 Å². The highest BCUT2D eigenvalue weighted by atomic mass is 35.5. The van der Waals surface area contributed by atoms with E-state index >= 15 is 0 Å². The second-order valence-electron chi connectivity index (χ2n) is 3.77. The molecule has 0 aromatic heterocycles. The third-order valence-electron chi connectivity index (χ3n) is 2.60. The van der Waals surface area contributed by atoms with E-state index in [1.165, 1.54) is 7.11 Å². The quantitative estimate of drug-likeness (QED) is 0.851. The van der Waals surface area contributed by atoms with Crippen LogP contribution in [-0.2, 0) is 11.2 Å². The number of fused-ring (bicyclic) bond motifs is 1. The molecule has 0 saturated carbocycles. The standard InChI is InChI=1S/C11H12ClNO5/c1-16-9-5(2-6(13)11(14)15)3-7-10(8(9)12)18-4-17-7/h3,6H,2,4,13H2,1H3,(H,14,15). The van der Waals surface area contributed by atoms with Crippen LogP contribution in [0.1, 0.15) is 5.56 Å². The minimum absolute atomic E-state index is 0.0760. The maximum Gasteiger partial charge on any atom is 0.320 e.